The highest BCUT2D eigenvalue weighted by atomic mass is 16.5. The van der Waals surface area contributed by atoms with Crippen molar-refractivity contribution in [2.75, 3.05) is 20.2 Å². The van der Waals surface area contributed by atoms with Crippen molar-refractivity contribution in [3.63, 3.8) is 0 Å². The second-order valence-corrected chi connectivity index (χ2v) is 5.10. The SMILES string of the molecule is CCNC(=NCC(C)Oc1ccccc1OC)NC(C)C. The molecular weight excluding hydrogens is 266 g/mol. The van der Waals surface area contributed by atoms with E-state index in [9.17, 15) is 0 Å². The predicted octanol–water partition coefficient (Wildman–Crippen LogP) is 2.43. The minimum atomic E-state index is -0.0380. The molecule has 1 atom stereocenters. The number of rotatable bonds is 7. The van der Waals surface area contributed by atoms with E-state index in [1.54, 1.807) is 7.11 Å². The molecule has 5 heteroatoms. The molecule has 0 aliphatic carbocycles. The van der Waals surface area contributed by atoms with Crippen LogP contribution >= 0.6 is 0 Å². The van der Waals surface area contributed by atoms with E-state index in [0.717, 1.165) is 24.0 Å². The summed E-state index contributed by atoms with van der Waals surface area (Å²) in [6, 6.07) is 7.97. The molecule has 0 heterocycles. The van der Waals surface area contributed by atoms with Gasteiger partial charge in [-0.25, -0.2) is 4.99 Å². The fourth-order valence-electron chi connectivity index (χ4n) is 1.78. The van der Waals surface area contributed by atoms with Gasteiger partial charge in [-0.3, -0.25) is 0 Å². The third-order valence-corrected chi connectivity index (χ3v) is 2.67. The average molecular weight is 293 g/mol. The van der Waals surface area contributed by atoms with Crippen LogP contribution in [-0.2, 0) is 0 Å². The first-order valence-corrected chi connectivity index (χ1v) is 7.41. The molecule has 0 saturated carbocycles. The lowest BCUT2D eigenvalue weighted by Gasteiger charge is -2.17. The van der Waals surface area contributed by atoms with Gasteiger partial charge in [0.15, 0.2) is 17.5 Å². The molecule has 2 N–H and O–H groups in total. The highest BCUT2D eigenvalue weighted by Crippen LogP contribution is 2.26. The van der Waals surface area contributed by atoms with Gasteiger partial charge in [-0.1, -0.05) is 12.1 Å². The van der Waals surface area contributed by atoms with Crippen molar-refractivity contribution in [1.82, 2.24) is 10.6 Å². The zero-order valence-corrected chi connectivity index (χ0v) is 13.6. The predicted molar refractivity (Wildman–Crippen MR) is 87.3 cm³/mol. The van der Waals surface area contributed by atoms with Gasteiger partial charge in [0.1, 0.15) is 6.10 Å². The molecule has 0 aromatic heterocycles. The summed E-state index contributed by atoms with van der Waals surface area (Å²) in [6.07, 6.45) is -0.0380. The summed E-state index contributed by atoms with van der Waals surface area (Å²) < 4.78 is 11.2. The molecule has 0 amide bonds. The van der Waals surface area contributed by atoms with Crippen molar-refractivity contribution in [1.29, 1.82) is 0 Å². The van der Waals surface area contributed by atoms with Crippen LogP contribution in [0.4, 0.5) is 0 Å². The Hall–Kier alpha value is -1.91. The first-order valence-electron chi connectivity index (χ1n) is 7.41. The smallest absolute Gasteiger partial charge is 0.191 e. The standard InChI is InChI=1S/C16H27N3O2/c1-6-17-16(19-12(2)3)18-11-13(4)21-15-10-8-7-9-14(15)20-5/h7-10,12-13H,6,11H2,1-5H3,(H2,17,18,19). The summed E-state index contributed by atoms with van der Waals surface area (Å²) in [5.74, 6) is 2.29. The Bertz CT molecular complexity index is 447. The molecule has 0 radical (unpaired) electrons. The van der Waals surface area contributed by atoms with Crippen molar-refractivity contribution in [3.8, 4) is 11.5 Å². The fraction of sp³-hybridized carbons (Fsp3) is 0.562. The molecule has 1 aromatic carbocycles. The van der Waals surface area contributed by atoms with Crippen molar-refractivity contribution in [2.24, 2.45) is 4.99 Å². The molecule has 118 valence electrons. The molecular formula is C16H27N3O2. The minimum absolute atomic E-state index is 0.0380. The molecule has 1 rings (SSSR count). The summed E-state index contributed by atoms with van der Waals surface area (Å²) in [6.45, 7) is 9.62. The van der Waals surface area contributed by atoms with Crippen molar-refractivity contribution in [3.05, 3.63) is 24.3 Å². The van der Waals surface area contributed by atoms with Crippen LogP contribution in [0, 0.1) is 0 Å². The van der Waals surface area contributed by atoms with Crippen LogP contribution in [-0.4, -0.2) is 38.3 Å². The number of hydrogen-bond donors (Lipinski definition) is 2. The zero-order chi connectivity index (χ0) is 15.7. The van der Waals surface area contributed by atoms with E-state index in [4.69, 9.17) is 9.47 Å². The number of methoxy groups -OCH3 is 1. The molecule has 1 unspecified atom stereocenters. The lowest BCUT2D eigenvalue weighted by atomic mass is 10.3. The number of para-hydroxylation sites is 2. The van der Waals surface area contributed by atoms with E-state index < -0.39 is 0 Å². The average Bonchev–Trinajstić information content (AvgIpc) is 2.45. The Kier molecular flexibility index (Phi) is 7.43. The van der Waals surface area contributed by atoms with E-state index in [1.807, 2.05) is 38.1 Å². The molecule has 0 aliphatic rings. The largest absolute Gasteiger partial charge is 0.493 e. The Morgan fingerprint density at radius 1 is 1.19 bits per heavy atom. The zero-order valence-electron chi connectivity index (χ0n) is 13.6. The Labute approximate surface area is 127 Å². The van der Waals surface area contributed by atoms with Crippen molar-refractivity contribution < 1.29 is 9.47 Å². The van der Waals surface area contributed by atoms with Gasteiger partial charge in [-0.2, -0.15) is 0 Å². The van der Waals surface area contributed by atoms with E-state index in [2.05, 4.69) is 29.5 Å². The summed E-state index contributed by atoms with van der Waals surface area (Å²) in [7, 11) is 1.64. The third-order valence-electron chi connectivity index (χ3n) is 2.67. The Morgan fingerprint density at radius 3 is 2.43 bits per heavy atom. The third kappa shape index (κ3) is 6.38. The Balaban J connectivity index is 2.60. The second-order valence-electron chi connectivity index (χ2n) is 5.10. The van der Waals surface area contributed by atoms with Crippen LogP contribution in [0.2, 0.25) is 0 Å². The summed E-state index contributed by atoms with van der Waals surface area (Å²) in [4.78, 5) is 4.53. The van der Waals surface area contributed by atoms with Gasteiger partial charge in [0.2, 0.25) is 0 Å². The quantitative estimate of drug-likeness (QED) is 0.599. The fourth-order valence-corrected chi connectivity index (χ4v) is 1.78. The van der Waals surface area contributed by atoms with Crippen LogP contribution in [0.3, 0.4) is 0 Å². The first-order chi connectivity index (χ1) is 10.1. The molecule has 0 aliphatic heterocycles. The number of benzene rings is 1. The van der Waals surface area contributed by atoms with Crippen molar-refractivity contribution in [2.45, 2.75) is 39.8 Å². The molecule has 21 heavy (non-hydrogen) atoms. The van der Waals surface area contributed by atoms with Crippen molar-refractivity contribution >= 4 is 5.96 Å². The first kappa shape index (κ1) is 17.1. The lowest BCUT2D eigenvalue weighted by Crippen LogP contribution is -2.41. The number of aliphatic imine (C=N–C) groups is 1. The van der Waals surface area contributed by atoms with Gasteiger partial charge in [-0.15, -0.1) is 0 Å². The van der Waals surface area contributed by atoms with E-state index in [0.29, 0.717) is 12.6 Å². The number of nitrogens with one attached hydrogen (secondary N) is 2. The normalized spacial score (nSPS) is 13.0. The van der Waals surface area contributed by atoms with E-state index in [1.165, 1.54) is 0 Å². The monoisotopic (exact) mass is 293 g/mol. The molecule has 0 spiro atoms. The summed E-state index contributed by atoms with van der Waals surface area (Å²) in [5.41, 5.74) is 0. The van der Waals surface area contributed by atoms with Crippen LogP contribution < -0.4 is 20.1 Å². The summed E-state index contributed by atoms with van der Waals surface area (Å²) >= 11 is 0. The molecule has 1 aromatic rings. The van der Waals surface area contributed by atoms with Crippen LogP contribution in [0.25, 0.3) is 0 Å². The number of ether oxygens (including phenoxy) is 2. The van der Waals surface area contributed by atoms with Crippen LogP contribution in [0.15, 0.2) is 29.3 Å². The lowest BCUT2D eigenvalue weighted by molar-refractivity contribution is 0.219. The number of nitrogens with zero attached hydrogens (tertiary/aromatic N) is 1. The van der Waals surface area contributed by atoms with Gasteiger partial charge in [0.25, 0.3) is 0 Å². The Morgan fingerprint density at radius 2 is 1.86 bits per heavy atom. The van der Waals surface area contributed by atoms with Gasteiger partial charge in [-0.05, 0) is 39.8 Å². The van der Waals surface area contributed by atoms with Gasteiger partial charge >= 0.3 is 0 Å². The van der Waals surface area contributed by atoms with Gasteiger partial charge < -0.3 is 20.1 Å². The highest BCUT2D eigenvalue weighted by molar-refractivity contribution is 5.79. The molecule has 0 saturated heterocycles. The molecule has 0 fully saturated rings. The maximum atomic E-state index is 5.88. The molecule has 5 nitrogen and oxygen atoms in total. The highest BCUT2D eigenvalue weighted by Gasteiger charge is 2.08. The minimum Gasteiger partial charge on any atom is -0.493 e. The summed E-state index contributed by atoms with van der Waals surface area (Å²) in [5, 5.41) is 6.50. The van der Waals surface area contributed by atoms with Crippen LogP contribution in [0.5, 0.6) is 11.5 Å². The second kappa shape index (κ2) is 9.10. The molecule has 0 bridgehead atoms. The maximum absolute atomic E-state index is 5.88. The number of hydrogen-bond acceptors (Lipinski definition) is 3. The van der Waals surface area contributed by atoms with Gasteiger partial charge in [0.05, 0.1) is 13.7 Å². The van der Waals surface area contributed by atoms with E-state index >= 15 is 0 Å². The van der Waals surface area contributed by atoms with Crippen LogP contribution in [0.1, 0.15) is 27.7 Å². The van der Waals surface area contributed by atoms with E-state index in [-0.39, 0.29) is 6.10 Å². The number of guanidine groups is 1. The van der Waals surface area contributed by atoms with Gasteiger partial charge in [0, 0.05) is 12.6 Å². The maximum Gasteiger partial charge on any atom is 0.191 e. The topological polar surface area (TPSA) is 54.9 Å².